The molecule has 0 bridgehead atoms. The number of aliphatic hydroxyl groups is 3. The molecule has 1 aromatic carbocycles. The van der Waals surface area contributed by atoms with E-state index in [1.807, 2.05) is 0 Å². The van der Waals surface area contributed by atoms with Crippen LogP contribution in [0.1, 0.15) is 11.7 Å². The minimum atomic E-state index is -2.98. The lowest BCUT2D eigenvalue weighted by molar-refractivity contribution is -0.185. The van der Waals surface area contributed by atoms with Crippen LogP contribution < -0.4 is 0 Å². The van der Waals surface area contributed by atoms with E-state index in [0.29, 0.717) is 0 Å². The number of rotatable bonds is 2. The number of hydrogen-bond donors (Lipinski definition) is 3. The van der Waals surface area contributed by atoms with Gasteiger partial charge < -0.3 is 15.3 Å². The van der Waals surface area contributed by atoms with Crippen LogP contribution >= 0.6 is 0 Å². The molecule has 0 heterocycles. The van der Waals surface area contributed by atoms with Crippen molar-refractivity contribution in [2.75, 3.05) is 0 Å². The second kappa shape index (κ2) is 3.72. The lowest BCUT2D eigenvalue weighted by Crippen LogP contribution is -2.34. The summed E-state index contributed by atoms with van der Waals surface area (Å²) in [5.41, 5.74) is -0.334. The summed E-state index contributed by atoms with van der Waals surface area (Å²) >= 11 is 0. The van der Waals surface area contributed by atoms with Crippen LogP contribution in [0.3, 0.4) is 0 Å². The summed E-state index contributed by atoms with van der Waals surface area (Å²) in [4.78, 5) is 0. The third-order valence-corrected chi connectivity index (χ3v) is 1.75. The van der Waals surface area contributed by atoms with Crippen LogP contribution in [-0.2, 0) is 0 Å². The molecule has 0 saturated carbocycles. The summed E-state index contributed by atoms with van der Waals surface area (Å²) in [6, 6.07) is 6.07. The third-order valence-electron chi connectivity index (χ3n) is 1.75. The molecule has 4 nitrogen and oxygen atoms in total. The number of hydrogen-bond acceptors (Lipinski definition) is 4. The SMILES string of the molecule is N#CC(O)(O)[C@@H](O)c1ccccc1F. The number of benzene rings is 1. The molecule has 0 saturated heterocycles. The maximum Gasteiger partial charge on any atom is 0.285 e. The molecular weight excluding hydrogens is 189 g/mol. The Bertz CT molecular complexity index is 373. The van der Waals surface area contributed by atoms with Crippen LogP contribution in [0.5, 0.6) is 0 Å². The summed E-state index contributed by atoms with van der Waals surface area (Å²) in [6.07, 6.45) is -1.99. The van der Waals surface area contributed by atoms with Gasteiger partial charge in [0.1, 0.15) is 18.0 Å². The average molecular weight is 197 g/mol. The van der Waals surface area contributed by atoms with Crippen LogP contribution in [0.25, 0.3) is 0 Å². The number of nitrogens with zero attached hydrogens (tertiary/aromatic N) is 1. The smallest absolute Gasteiger partial charge is 0.285 e. The first kappa shape index (κ1) is 10.6. The van der Waals surface area contributed by atoms with Gasteiger partial charge in [0, 0.05) is 5.56 Å². The Hall–Kier alpha value is -1.48. The molecule has 0 aliphatic carbocycles. The first-order valence-corrected chi connectivity index (χ1v) is 3.77. The molecule has 1 atom stereocenters. The fourth-order valence-electron chi connectivity index (χ4n) is 0.975. The number of halogens is 1. The van der Waals surface area contributed by atoms with E-state index in [2.05, 4.69) is 0 Å². The quantitative estimate of drug-likeness (QED) is 0.462. The van der Waals surface area contributed by atoms with E-state index in [4.69, 9.17) is 15.5 Å². The molecule has 5 heteroatoms. The van der Waals surface area contributed by atoms with Crippen molar-refractivity contribution in [3.05, 3.63) is 35.6 Å². The van der Waals surface area contributed by atoms with Gasteiger partial charge in [-0.2, -0.15) is 5.26 Å². The zero-order valence-corrected chi connectivity index (χ0v) is 7.05. The molecule has 74 valence electrons. The van der Waals surface area contributed by atoms with Gasteiger partial charge in [0.25, 0.3) is 5.79 Å². The molecule has 0 aliphatic rings. The van der Waals surface area contributed by atoms with Gasteiger partial charge in [-0.25, -0.2) is 4.39 Å². The van der Waals surface area contributed by atoms with Gasteiger partial charge >= 0.3 is 0 Å². The van der Waals surface area contributed by atoms with E-state index in [0.717, 1.165) is 12.1 Å². The van der Waals surface area contributed by atoms with Crippen LogP contribution in [0.4, 0.5) is 4.39 Å². The van der Waals surface area contributed by atoms with E-state index in [9.17, 15) is 9.50 Å². The minimum absolute atomic E-state index is 0.334. The molecule has 0 radical (unpaired) electrons. The largest absolute Gasteiger partial charge is 0.381 e. The van der Waals surface area contributed by atoms with Crippen molar-refractivity contribution >= 4 is 0 Å². The molecule has 14 heavy (non-hydrogen) atoms. The van der Waals surface area contributed by atoms with Crippen LogP contribution in [0, 0.1) is 17.1 Å². The maximum atomic E-state index is 13.0. The second-order valence-electron chi connectivity index (χ2n) is 2.76. The monoisotopic (exact) mass is 197 g/mol. The highest BCUT2D eigenvalue weighted by atomic mass is 19.1. The topological polar surface area (TPSA) is 84.5 Å². The second-order valence-corrected chi connectivity index (χ2v) is 2.76. The zero-order valence-electron chi connectivity index (χ0n) is 7.05. The molecule has 1 aromatic rings. The fourth-order valence-corrected chi connectivity index (χ4v) is 0.975. The Morgan fingerprint density at radius 3 is 2.43 bits per heavy atom. The van der Waals surface area contributed by atoms with Gasteiger partial charge in [0.05, 0.1) is 0 Å². The Kier molecular flexibility index (Phi) is 2.81. The minimum Gasteiger partial charge on any atom is -0.381 e. The summed E-state index contributed by atoms with van der Waals surface area (Å²) < 4.78 is 13.0. The lowest BCUT2D eigenvalue weighted by atomic mass is 10.0. The predicted molar refractivity (Wildman–Crippen MR) is 44.1 cm³/mol. The predicted octanol–water partition coefficient (Wildman–Crippen LogP) is 0.0636. The van der Waals surface area contributed by atoms with Crippen LogP contribution in [0.2, 0.25) is 0 Å². The van der Waals surface area contributed by atoms with E-state index < -0.39 is 17.7 Å². The van der Waals surface area contributed by atoms with Gasteiger partial charge in [-0.1, -0.05) is 18.2 Å². The van der Waals surface area contributed by atoms with Gasteiger partial charge in [-0.15, -0.1) is 0 Å². The molecule has 0 unspecified atom stereocenters. The van der Waals surface area contributed by atoms with Crippen molar-refractivity contribution in [2.45, 2.75) is 11.9 Å². The molecular formula is C9H8FNO3. The summed E-state index contributed by atoms with van der Waals surface area (Å²) in [7, 11) is 0. The van der Waals surface area contributed by atoms with Gasteiger partial charge in [-0.3, -0.25) is 0 Å². The maximum absolute atomic E-state index is 13.0. The third kappa shape index (κ3) is 1.88. The van der Waals surface area contributed by atoms with E-state index in [-0.39, 0.29) is 5.56 Å². The fraction of sp³-hybridized carbons (Fsp3) is 0.222. The number of aliphatic hydroxyl groups excluding tert-OH is 1. The van der Waals surface area contributed by atoms with Gasteiger partial charge in [-0.05, 0) is 6.07 Å². The Morgan fingerprint density at radius 2 is 1.93 bits per heavy atom. The van der Waals surface area contributed by atoms with Crippen molar-refractivity contribution in [1.29, 1.82) is 5.26 Å². The number of nitriles is 1. The van der Waals surface area contributed by atoms with E-state index >= 15 is 0 Å². The van der Waals surface area contributed by atoms with Crippen molar-refractivity contribution in [2.24, 2.45) is 0 Å². The Morgan fingerprint density at radius 1 is 1.36 bits per heavy atom. The van der Waals surface area contributed by atoms with Gasteiger partial charge in [0.15, 0.2) is 0 Å². The summed E-state index contributed by atoms with van der Waals surface area (Å²) in [5, 5.41) is 35.4. The average Bonchev–Trinajstić information content (AvgIpc) is 2.17. The van der Waals surface area contributed by atoms with E-state index in [1.165, 1.54) is 18.2 Å². The van der Waals surface area contributed by atoms with Crippen LogP contribution in [-0.4, -0.2) is 21.1 Å². The summed E-state index contributed by atoms with van der Waals surface area (Å²) in [6.45, 7) is 0. The zero-order chi connectivity index (χ0) is 10.8. The standard InChI is InChI=1S/C9H8FNO3/c10-7-4-2-1-3-6(7)8(12)9(13,14)5-11/h1-4,8,12-14H/t8-/m0/s1. The molecule has 3 N–H and O–H groups in total. The summed E-state index contributed by atoms with van der Waals surface area (Å²) in [5.74, 6) is -3.79. The Balaban J connectivity index is 3.08. The van der Waals surface area contributed by atoms with Crippen molar-refractivity contribution in [3.8, 4) is 6.07 Å². The highest BCUT2D eigenvalue weighted by Gasteiger charge is 2.35. The lowest BCUT2D eigenvalue weighted by Gasteiger charge is -2.20. The molecule has 0 aromatic heterocycles. The highest BCUT2D eigenvalue weighted by Crippen LogP contribution is 2.25. The normalized spacial score (nSPS) is 13.4. The molecule has 0 fully saturated rings. The van der Waals surface area contributed by atoms with Crippen molar-refractivity contribution in [3.63, 3.8) is 0 Å². The first-order chi connectivity index (χ1) is 6.49. The Labute approximate surface area is 79.5 Å². The van der Waals surface area contributed by atoms with Crippen molar-refractivity contribution < 1.29 is 19.7 Å². The molecule has 1 rings (SSSR count). The highest BCUT2D eigenvalue weighted by molar-refractivity contribution is 5.23. The first-order valence-electron chi connectivity index (χ1n) is 3.77. The molecule has 0 aliphatic heterocycles. The molecule has 0 spiro atoms. The van der Waals surface area contributed by atoms with Crippen molar-refractivity contribution in [1.82, 2.24) is 0 Å². The van der Waals surface area contributed by atoms with Gasteiger partial charge in [0.2, 0.25) is 0 Å². The van der Waals surface area contributed by atoms with Crippen LogP contribution in [0.15, 0.2) is 24.3 Å². The van der Waals surface area contributed by atoms with E-state index in [1.54, 1.807) is 0 Å². The molecule has 0 amide bonds.